The summed E-state index contributed by atoms with van der Waals surface area (Å²) in [5, 5.41) is 6.13. The summed E-state index contributed by atoms with van der Waals surface area (Å²) < 4.78 is 39.9. The number of hydrogen-bond donors (Lipinski definition) is 2. The Labute approximate surface area is 257 Å². The summed E-state index contributed by atoms with van der Waals surface area (Å²) in [4.78, 5) is 44.1. The van der Waals surface area contributed by atoms with E-state index >= 15 is 0 Å². The lowest BCUT2D eigenvalue weighted by molar-refractivity contribution is -0.131. The summed E-state index contributed by atoms with van der Waals surface area (Å²) in [5.74, 6) is -2.14. The van der Waals surface area contributed by atoms with Crippen molar-refractivity contribution in [1.29, 1.82) is 0 Å². The first-order chi connectivity index (χ1) is 21.0. The van der Waals surface area contributed by atoms with Crippen LogP contribution >= 0.6 is 0 Å². The summed E-state index contributed by atoms with van der Waals surface area (Å²) in [6.07, 6.45) is 1.81. The number of carbonyl (C=O) groups excluding carboxylic acids is 3. The highest BCUT2D eigenvalue weighted by Crippen LogP contribution is 2.27. The van der Waals surface area contributed by atoms with Gasteiger partial charge in [-0.1, -0.05) is 39.0 Å². The van der Waals surface area contributed by atoms with Crippen molar-refractivity contribution in [3.05, 3.63) is 65.2 Å². The van der Waals surface area contributed by atoms with Gasteiger partial charge in [0.25, 0.3) is 5.91 Å². The molecule has 2 saturated heterocycles. The zero-order chi connectivity index (χ0) is 31.4. The van der Waals surface area contributed by atoms with Crippen LogP contribution in [0.1, 0.15) is 62.4 Å². The lowest BCUT2D eigenvalue weighted by Crippen LogP contribution is -2.62. The number of halogens is 2. The minimum absolute atomic E-state index is 0.0628. The van der Waals surface area contributed by atoms with Gasteiger partial charge >= 0.3 is 0 Å². The number of benzene rings is 2. The molecule has 3 aliphatic heterocycles. The maximum atomic E-state index is 13.9. The quantitative estimate of drug-likeness (QED) is 0.547. The van der Waals surface area contributed by atoms with Gasteiger partial charge < -0.3 is 25.0 Å². The molecule has 2 fully saturated rings. The van der Waals surface area contributed by atoms with Crippen molar-refractivity contribution in [2.45, 2.75) is 77.3 Å². The number of amides is 3. The predicted molar refractivity (Wildman–Crippen MR) is 160 cm³/mol. The van der Waals surface area contributed by atoms with E-state index in [-0.39, 0.29) is 61.5 Å². The van der Waals surface area contributed by atoms with Gasteiger partial charge in [0.05, 0.1) is 30.4 Å². The Balaban J connectivity index is 1.38. The molecule has 0 spiro atoms. The van der Waals surface area contributed by atoms with Crippen molar-refractivity contribution in [2.24, 2.45) is 5.41 Å². The molecule has 4 atom stereocenters. The van der Waals surface area contributed by atoms with Crippen molar-refractivity contribution in [3.8, 4) is 5.75 Å². The minimum Gasteiger partial charge on any atom is -0.493 e. The van der Waals surface area contributed by atoms with Crippen LogP contribution in [0.25, 0.3) is 0 Å². The number of rotatable bonds is 4. The van der Waals surface area contributed by atoms with E-state index in [1.807, 2.05) is 25.7 Å². The fraction of sp³-hybridized carbons (Fsp3) is 0.545. The molecule has 2 N–H and O–H groups in total. The maximum Gasteiger partial charge on any atom is 0.258 e. The lowest BCUT2D eigenvalue weighted by Gasteiger charge is -2.42. The van der Waals surface area contributed by atoms with Gasteiger partial charge in [0.1, 0.15) is 11.8 Å². The molecule has 5 rings (SSSR count). The van der Waals surface area contributed by atoms with E-state index in [0.717, 1.165) is 18.6 Å². The number of nitrogens with one attached hydrogen (secondary N) is 2. The number of fused-ring (bicyclic) bond motifs is 4. The Kier molecular flexibility index (Phi) is 9.84. The maximum absolute atomic E-state index is 13.9. The normalized spacial score (nSPS) is 25.2. The number of para-hydroxylation sites is 1. The highest BCUT2D eigenvalue weighted by Gasteiger charge is 2.39. The van der Waals surface area contributed by atoms with Crippen LogP contribution in [0.15, 0.2) is 42.5 Å². The Morgan fingerprint density at radius 3 is 2.61 bits per heavy atom. The average molecular weight is 613 g/mol. The van der Waals surface area contributed by atoms with E-state index in [2.05, 4.69) is 10.6 Å². The van der Waals surface area contributed by atoms with E-state index in [9.17, 15) is 23.2 Å². The highest BCUT2D eigenvalue weighted by atomic mass is 19.2. The molecule has 3 aliphatic rings. The average Bonchev–Trinajstić information content (AvgIpc) is 2.97. The molecule has 3 heterocycles. The number of carbonyl (C=O) groups is 3. The zero-order valence-electron chi connectivity index (χ0n) is 25.6. The zero-order valence-corrected chi connectivity index (χ0v) is 25.6. The van der Waals surface area contributed by atoms with E-state index in [0.29, 0.717) is 49.3 Å². The van der Waals surface area contributed by atoms with Gasteiger partial charge in [-0.05, 0) is 48.1 Å². The summed E-state index contributed by atoms with van der Waals surface area (Å²) in [6.45, 7) is 7.70. The Morgan fingerprint density at radius 2 is 1.84 bits per heavy atom. The van der Waals surface area contributed by atoms with Gasteiger partial charge in [0, 0.05) is 45.6 Å². The van der Waals surface area contributed by atoms with Crippen molar-refractivity contribution in [3.63, 3.8) is 0 Å². The lowest BCUT2D eigenvalue weighted by atomic mass is 9.91. The summed E-state index contributed by atoms with van der Waals surface area (Å²) in [7, 11) is 0. The fourth-order valence-corrected chi connectivity index (χ4v) is 6.16. The molecule has 0 unspecified atom stereocenters. The van der Waals surface area contributed by atoms with Crippen LogP contribution in [0, 0.1) is 17.0 Å². The molecular weight excluding hydrogens is 570 g/mol. The molecule has 44 heavy (non-hydrogen) atoms. The molecule has 2 aromatic carbocycles. The molecule has 0 aliphatic carbocycles. The largest absolute Gasteiger partial charge is 0.493 e. The van der Waals surface area contributed by atoms with Crippen molar-refractivity contribution < 1.29 is 32.6 Å². The molecule has 2 aromatic rings. The molecule has 238 valence electrons. The topological polar surface area (TPSA) is 100 Å². The minimum atomic E-state index is -0.932. The van der Waals surface area contributed by atoms with Crippen molar-refractivity contribution in [2.75, 3.05) is 32.8 Å². The van der Waals surface area contributed by atoms with E-state index in [1.54, 1.807) is 29.2 Å². The molecule has 9 nitrogen and oxygen atoms in total. The van der Waals surface area contributed by atoms with Crippen LogP contribution in [0.5, 0.6) is 5.75 Å². The number of ether oxygens (including phenoxy) is 2. The van der Waals surface area contributed by atoms with Gasteiger partial charge in [-0.3, -0.25) is 19.3 Å². The van der Waals surface area contributed by atoms with Crippen LogP contribution in [0.4, 0.5) is 8.78 Å². The van der Waals surface area contributed by atoms with Crippen LogP contribution in [-0.2, 0) is 20.9 Å². The first-order valence-electron chi connectivity index (χ1n) is 15.4. The Bertz CT molecular complexity index is 1370. The second-order valence-electron chi connectivity index (χ2n) is 13.2. The number of nitrogens with zero attached hydrogens (tertiary/aromatic N) is 2. The Morgan fingerprint density at radius 1 is 1.05 bits per heavy atom. The first kappa shape index (κ1) is 31.8. The van der Waals surface area contributed by atoms with E-state index in [4.69, 9.17) is 9.47 Å². The standard InChI is InChI=1S/C33H42F2N4O5/c1-33(2,3)17-30(40)37-26-11-9-22-12-15-43-28-7-5-4-6-23(28)32(42)39-14-13-38(19-21-8-10-24(34)25(35)16-21)20-27(39)31(41)36-18-29(26)44-22/h4-8,10,16,22,26-27,29H,9,11-15,17-20H2,1-3H3,(H,36,41)(H,37,40)/t22-,26+,27-,29+/m0/s1. The SMILES string of the molecule is CC(C)(C)CC(=O)N[C@@H]1CC[C@H]2CCOc3ccccc3C(=O)N3CCN(Cc4ccc(F)c(F)c4)C[C@H]3C(=O)NC[C@H]1O2. The molecule has 3 amide bonds. The Hall–Kier alpha value is -3.57. The van der Waals surface area contributed by atoms with Gasteiger partial charge in [-0.2, -0.15) is 0 Å². The second kappa shape index (κ2) is 13.6. The van der Waals surface area contributed by atoms with Crippen LogP contribution in [0.2, 0.25) is 0 Å². The van der Waals surface area contributed by atoms with Crippen LogP contribution in [-0.4, -0.2) is 84.6 Å². The van der Waals surface area contributed by atoms with Gasteiger partial charge in [0.15, 0.2) is 11.6 Å². The highest BCUT2D eigenvalue weighted by molar-refractivity contribution is 6.00. The number of piperazine rings is 1. The molecule has 0 aromatic heterocycles. The third-order valence-corrected chi connectivity index (χ3v) is 8.36. The molecule has 11 heteroatoms. The molecule has 2 bridgehead atoms. The fourth-order valence-electron chi connectivity index (χ4n) is 6.16. The monoisotopic (exact) mass is 612 g/mol. The van der Waals surface area contributed by atoms with E-state index < -0.39 is 23.8 Å². The van der Waals surface area contributed by atoms with Gasteiger partial charge in [-0.15, -0.1) is 0 Å². The summed E-state index contributed by atoms with van der Waals surface area (Å²) in [5.41, 5.74) is 0.773. The van der Waals surface area contributed by atoms with Gasteiger partial charge in [-0.25, -0.2) is 8.78 Å². The van der Waals surface area contributed by atoms with Crippen molar-refractivity contribution in [1.82, 2.24) is 20.4 Å². The number of hydrogen-bond acceptors (Lipinski definition) is 6. The molecule has 0 radical (unpaired) electrons. The second-order valence-corrected chi connectivity index (χ2v) is 13.2. The molecule has 0 saturated carbocycles. The van der Waals surface area contributed by atoms with Gasteiger partial charge in [0.2, 0.25) is 11.8 Å². The van der Waals surface area contributed by atoms with Crippen LogP contribution in [0.3, 0.4) is 0 Å². The van der Waals surface area contributed by atoms with E-state index in [1.165, 1.54) is 6.07 Å². The summed E-state index contributed by atoms with van der Waals surface area (Å²) >= 11 is 0. The summed E-state index contributed by atoms with van der Waals surface area (Å²) in [6, 6.07) is 9.64. The first-order valence-corrected chi connectivity index (χ1v) is 15.4. The smallest absolute Gasteiger partial charge is 0.258 e. The molecular formula is C33H42F2N4O5. The predicted octanol–water partition coefficient (Wildman–Crippen LogP) is 3.66. The van der Waals surface area contributed by atoms with Crippen LogP contribution < -0.4 is 15.4 Å². The van der Waals surface area contributed by atoms with Crippen molar-refractivity contribution >= 4 is 17.7 Å². The third kappa shape index (κ3) is 7.92. The third-order valence-electron chi connectivity index (χ3n) is 8.36.